The van der Waals surface area contributed by atoms with Crippen molar-refractivity contribution in [2.75, 3.05) is 18.0 Å². The predicted octanol–water partition coefficient (Wildman–Crippen LogP) is 4.91. The van der Waals surface area contributed by atoms with Crippen molar-refractivity contribution in [3.8, 4) is 5.75 Å². The average molecular weight is 572 g/mol. The highest BCUT2D eigenvalue weighted by Crippen LogP contribution is 2.30. The Bertz CT molecular complexity index is 1270. The van der Waals surface area contributed by atoms with Gasteiger partial charge >= 0.3 is 6.36 Å². The second-order valence-electron chi connectivity index (χ2n) is 10.3. The topological polar surface area (TPSA) is 87.7 Å². The first kappa shape index (κ1) is 29.1. The number of ether oxygens (including phenoxy) is 1. The molecule has 1 heterocycles. The van der Waals surface area contributed by atoms with Crippen molar-refractivity contribution in [2.45, 2.75) is 75.2 Å². The summed E-state index contributed by atoms with van der Waals surface area (Å²) in [7, 11) is -4.34. The number of fused-ring (bicyclic) bond motifs is 1. The van der Waals surface area contributed by atoms with Crippen LogP contribution in [0.15, 0.2) is 47.4 Å². The third-order valence-corrected chi connectivity index (χ3v) is 8.64. The van der Waals surface area contributed by atoms with E-state index in [0.29, 0.717) is 19.5 Å². The van der Waals surface area contributed by atoms with Gasteiger partial charge in [-0.2, -0.15) is 4.72 Å². The molecule has 0 radical (unpaired) electrons. The van der Waals surface area contributed by atoms with Gasteiger partial charge in [-0.3, -0.25) is 4.79 Å². The highest BCUT2D eigenvalue weighted by molar-refractivity contribution is 7.89. The monoisotopic (exact) mass is 571 g/mol. The van der Waals surface area contributed by atoms with E-state index in [0.717, 1.165) is 67.6 Å². The summed E-state index contributed by atoms with van der Waals surface area (Å²) in [5, 5.41) is 2.90. The molecule has 0 unspecified atom stereocenters. The summed E-state index contributed by atoms with van der Waals surface area (Å²) < 4.78 is 84.2. The summed E-state index contributed by atoms with van der Waals surface area (Å²) in [5.74, 6) is -1.33. The van der Waals surface area contributed by atoms with Crippen LogP contribution in [0.1, 0.15) is 51.0 Å². The number of rotatable bonds is 10. The van der Waals surface area contributed by atoms with E-state index >= 15 is 0 Å². The van der Waals surface area contributed by atoms with Crippen molar-refractivity contribution in [1.29, 1.82) is 0 Å². The molecule has 1 saturated carbocycles. The summed E-state index contributed by atoms with van der Waals surface area (Å²) in [6.45, 7) is 2.93. The molecule has 1 aliphatic carbocycles. The van der Waals surface area contributed by atoms with Crippen LogP contribution in [0.2, 0.25) is 0 Å². The Labute approximate surface area is 226 Å². The van der Waals surface area contributed by atoms with Gasteiger partial charge in [-0.1, -0.05) is 38.2 Å². The molecule has 1 fully saturated rings. The lowest BCUT2D eigenvalue weighted by molar-refractivity contribution is -0.274. The van der Waals surface area contributed by atoms with Crippen LogP contribution >= 0.6 is 0 Å². The molecule has 0 aromatic heterocycles. The molecule has 1 amide bonds. The van der Waals surface area contributed by atoms with E-state index in [-0.39, 0.29) is 24.2 Å². The number of alkyl halides is 3. The molecule has 1 aliphatic heterocycles. The van der Waals surface area contributed by atoms with Gasteiger partial charge in [0.2, 0.25) is 15.9 Å². The Morgan fingerprint density at radius 2 is 1.87 bits per heavy atom. The first-order valence-corrected chi connectivity index (χ1v) is 14.6. The molecule has 0 bridgehead atoms. The van der Waals surface area contributed by atoms with Crippen molar-refractivity contribution >= 4 is 21.6 Å². The van der Waals surface area contributed by atoms with Crippen LogP contribution in [0.25, 0.3) is 0 Å². The zero-order chi connectivity index (χ0) is 28.2. The van der Waals surface area contributed by atoms with Crippen LogP contribution in [0.5, 0.6) is 5.75 Å². The average Bonchev–Trinajstić information content (AvgIpc) is 3.24. The van der Waals surface area contributed by atoms with Gasteiger partial charge < -0.3 is 15.0 Å². The largest absolute Gasteiger partial charge is 0.573 e. The van der Waals surface area contributed by atoms with Crippen molar-refractivity contribution in [1.82, 2.24) is 10.0 Å². The summed E-state index contributed by atoms with van der Waals surface area (Å²) in [6, 6.07) is 7.23. The number of anilines is 1. The Kier molecular flexibility index (Phi) is 9.05. The third kappa shape index (κ3) is 8.07. The van der Waals surface area contributed by atoms with Crippen LogP contribution in [-0.4, -0.2) is 45.9 Å². The number of hydrogen-bond donors (Lipinski definition) is 2. The standard InChI is InChI=1S/C27H33F4N3O4S/c1-18(17-34-13-12-20-15-21(28)10-11-25(20)34)32-26(35)24(14-19-6-3-2-4-7-19)33-39(36,37)23-9-5-8-22(16-23)38-27(29,30)31/h5,8-11,15-16,18-19,24,33H,2-4,6-7,12-14,17H2,1H3,(H,32,35)/t18-,24-/m0/s1. The number of nitrogens with zero attached hydrogens (tertiary/aromatic N) is 1. The fourth-order valence-corrected chi connectivity index (χ4v) is 6.65. The van der Waals surface area contributed by atoms with Gasteiger partial charge in [0.25, 0.3) is 0 Å². The van der Waals surface area contributed by atoms with Crippen molar-refractivity contribution in [3.63, 3.8) is 0 Å². The number of sulfonamides is 1. The van der Waals surface area contributed by atoms with Gasteiger partial charge in [-0.25, -0.2) is 12.8 Å². The van der Waals surface area contributed by atoms with Gasteiger partial charge in [0.05, 0.1) is 4.90 Å². The molecule has 4 rings (SSSR count). The normalized spacial score (nSPS) is 17.9. The second-order valence-corrected chi connectivity index (χ2v) is 12.0. The van der Waals surface area contributed by atoms with Crippen LogP contribution in [0.4, 0.5) is 23.2 Å². The van der Waals surface area contributed by atoms with Gasteiger partial charge in [-0.15, -0.1) is 13.2 Å². The number of carbonyl (C=O) groups is 1. The number of carbonyl (C=O) groups excluding carboxylic acids is 1. The van der Waals surface area contributed by atoms with E-state index in [1.165, 1.54) is 12.1 Å². The van der Waals surface area contributed by atoms with E-state index in [1.54, 1.807) is 6.07 Å². The van der Waals surface area contributed by atoms with Crippen LogP contribution in [0.3, 0.4) is 0 Å². The molecule has 2 aromatic carbocycles. The van der Waals surface area contributed by atoms with E-state index in [1.807, 2.05) is 11.8 Å². The van der Waals surface area contributed by atoms with Gasteiger partial charge in [0.15, 0.2) is 0 Å². The van der Waals surface area contributed by atoms with E-state index in [4.69, 9.17) is 0 Å². The Balaban J connectivity index is 1.46. The van der Waals surface area contributed by atoms with Crippen LogP contribution in [-0.2, 0) is 21.2 Å². The maximum atomic E-state index is 13.6. The number of halogens is 4. The number of nitrogens with one attached hydrogen (secondary N) is 2. The number of benzene rings is 2. The van der Waals surface area contributed by atoms with Gasteiger partial charge in [-0.05, 0) is 61.6 Å². The van der Waals surface area contributed by atoms with Crippen molar-refractivity contribution in [3.05, 3.63) is 53.8 Å². The summed E-state index contributed by atoms with van der Waals surface area (Å²) in [5.41, 5.74) is 1.80. The zero-order valence-electron chi connectivity index (χ0n) is 21.6. The summed E-state index contributed by atoms with van der Waals surface area (Å²) in [6.07, 6.45) is 0.816. The molecule has 12 heteroatoms. The van der Waals surface area contributed by atoms with Gasteiger partial charge in [0.1, 0.15) is 17.6 Å². The lowest BCUT2D eigenvalue weighted by Crippen LogP contribution is -2.52. The molecular weight excluding hydrogens is 538 g/mol. The minimum Gasteiger partial charge on any atom is -0.406 e. The quantitative estimate of drug-likeness (QED) is 0.396. The molecule has 214 valence electrons. The smallest absolute Gasteiger partial charge is 0.406 e. The van der Waals surface area contributed by atoms with Gasteiger partial charge in [0, 0.05) is 30.9 Å². The molecule has 2 N–H and O–H groups in total. The van der Waals surface area contributed by atoms with Crippen molar-refractivity contribution < 1.29 is 35.5 Å². The van der Waals surface area contributed by atoms with Crippen LogP contribution < -0.4 is 19.7 Å². The number of hydrogen-bond acceptors (Lipinski definition) is 5. The van der Waals surface area contributed by atoms with E-state index in [2.05, 4.69) is 14.8 Å². The van der Waals surface area contributed by atoms with Crippen molar-refractivity contribution in [2.24, 2.45) is 5.92 Å². The SMILES string of the molecule is C[C@@H](CN1CCc2cc(F)ccc21)NC(=O)[C@H](CC1CCCCC1)NS(=O)(=O)c1cccc(OC(F)(F)F)c1. The molecule has 7 nitrogen and oxygen atoms in total. The fraction of sp³-hybridized carbons (Fsp3) is 0.519. The fourth-order valence-electron chi connectivity index (χ4n) is 5.41. The summed E-state index contributed by atoms with van der Waals surface area (Å²) in [4.78, 5) is 15.0. The highest BCUT2D eigenvalue weighted by Gasteiger charge is 2.33. The second kappa shape index (κ2) is 12.1. The Morgan fingerprint density at radius 3 is 2.59 bits per heavy atom. The highest BCUT2D eigenvalue weighted by atomic mass is 32.2. The van der Waals surface area contributed by atoms with E-state index < -0.39 is 39.0 Å². The number of amides is 1. The molecule has 39 heavy (non-hydrogen) atoms. The molecule has 2 aliphatic rings. The van der Waals surface area contributed by atoms with Crippen LogP contribution in [0, 0.1) is 11.7 Å². The maximum Gasteiger partial charge on any atom is 0.573 e. The maximum absolute atomic E-state index is 13.6. The molecular formula is C27H33F4N3O4S. The lowest BCUT2D eigenvalue weighted by atomic mass is 9.85. The molecule has 0 saturated heterocycles. The Morgan fingerprint density at radius 1 is 1.13 bits per heavy atom. The molecule has 2 atom stereocenters. The molecule has 2 aromatic rings. The minimum atomic E-state index is -4.97. The minimum absolute atomic E-state index is 0.146. The molecule has 0 spiro atoms. The van der Waals surface area contributed by atoms with E-state index in [9.17, 15) is 30.8 Å². The Hall–Kier alpha value is -2.86. The first-order chi connectivity index (χ1) is 18.4. The first-order valence-electron chi connectivity index (χ1n) is 13.1. The third-order valence-electron chi connectivity index (χ3n) is 7.17. The zero-order valence-corrected chi connectivity index (χ0v) is 22.5. The lowest BCUT2D eigenvalue weighted by Gasteiger charge is -2.29. The predicted molar refractivity (Wildman–Crippen MR) is 138 cm³/mol. The summed E-state index contributed by atoms with van der Waals surface area (Å²) >= 11 is 0.